The van der Waals surface area contributed by atoms with Crippen molar-refractivity contribution in [1.29, 1.82) is 0 Å². The second-order valence-corrected chi connectivity index (χ2v) is 4.56. The van der Waals surface area contributed by atoms with E-state index in [1.165, 1.54) is 0 Å². The predicted octanol–water partition coefficient (Wildman–Crippen LogP) is 1.96. The summed E-state index contributed by atoms with van der Waals surface area (Å²) in [5.74, 6) is 0.541. The zero-order valence-electron chi connectivity index (χ0n) is 9.31. The standard InChI is InChI=1S/C11H11Cl2N3O2/c12-7-2-1-6(8(13)4-7)3-10-15-11(18-16-10)9(17)5-14/h1-2,4,9,17H,3,5,14H2/t9-/m0/s1. The molecule has 5 nitrogen and oxygen atoms in total. The molecule has 0 aliphatic heterocycles. The van der Waals surface area contributed by atoms with Crippen LogP contribution in [0.2, 0.25) is 10.0 Å². The van der Waals surface area contributed by atoms with E-state index in [2.05, 4.69) is 10.1 Å². The van der Waals surface area contributed by atoms with Crippen molar-refractivity contribution in [2.75, 3.05) is 6.54 Å². The molecule has 0 radical (unpaired) electrons. The van der Waals surface area contributed by atoms with Crippen molar-refractivity contribution < 1.29 is 9.63 Å². The number of benzene rings is 1. The Morgan fingerprint density at radius 2 is 2.17 bits per heavy atom. The molecular weight excluding hydrogens is 277 g/mol. The Hall–Kier alpha value is -1.14. The highest BCUT2D eigenvalue weighted by Gasteiger charge is 2.15. The van der Waals surface area contributed by atoms with Gasteiger partial charge in [-0.15, -0.1) is 0 Å². The second kappa shape index (κ2) is 5.67. The van der Waals surface area contributed by atoms with Crippen LogP contribution in [0, 0.1) is 0 Å². The molecule has 7 heteroatoms. The van der Waals surface area contributed by atoms with Gasteiger partial charge >= 0.3 is 0 Å². The van der Waals surface area contributed by atoms with Gasteiger partial charge in [0.05, 0.1) is 0 Å². The van der Waals surface area contributed by atoms with Crippen LogP contribution in [-0.4, -0.2) is 21.8 Å². The Balaban J connectivity index is 2.16. The fourth-order valence-corrected chi connectivity index (χ4v) is 1.89. The number of nitrogens with zero attached hydrogens (tertiary/aromatic N) is 2. The smallest absolute Gasteiger partial charge is 0.256 e. The molecule has 0 saturated heterocycles. The summed E-state index contributed by atoms with van der Waals surface area (Å²) in [5.41, 5.74) is 6.12. The fourth-order valence-electron chi connectivity index (χ4n) is 1.41. The molecule has 0 saturated carbocycles. The largest absolute Gasteiger partial charge is 0.382 e. The van der Waals surface area contributed by atoms with Crippen LogP contribution in [0.25, 0.3) is 0 Å². The van der Waals surface area contributed by atoms with E-state index >= 15 is 0 Å². The van der Waals surface area contributed by atoms with Gasteiger partial charge in [-0.2, -0.15) is 4.98 Å². The Bertz CT molecular complexity index is 545. The summed E-state index contributed by atoms with van der Waals surface area (Å²) in [7, 11) is 0. The summed E-state index contributed by atoms with van der Waals surface area (Å²) in [6, 6.07) is 5.17. The van der Waals surface area contributed by atoms with Gasteiger partial charge in [-0.1, -0.05) is 34.4 Å². The molecule has 0 aliphatic carbocycles. The van der Waals surface area contributed by atoms with Crippen molar-refractivity contribution >= 4 is 23.2 Å². The summed E-state index contributed by atoms with van der Waals surface area (Å²) in [6.07, 6.45) is -0.538. The molecule has 2 aromatic rings. The molecule has 0 fully saturated rings. The van der Waals surface area contributed by atoms with Gasteiger partial charge < -0.3 is 15.4 Å². The third kappa shape index (κ3) is 3.00. The lowest BCUT2D eigenvalue weighted by Crippen LogP contribution is -2.11. The molecule has 0 amide bonds. The molecule has 18 heavy (non-hydrogen) atoms. The molecule has 0 unspecified atom stereocenters. The van der Waals surface area contributed by atoms with Crippen molar-refractivity contribution in [1.82, 2.24) is 10.1 Å². The minimum atomic E-state index is -0.938. The van der Waals surface area contributed by atoms with E-state index in [0.717, 1.165) is 5.56 Å². The maximum Gasteiger partial charge on any atom is 0.256 e. The van der Waals surface area contributed by atoms with Gasteiger partial charge in [-0.25, -0.2) is 0 Å². The van der Waals surface area contributed by atoms with E-state index in [9.17, 15) is 5.11 Å². The van der Waals surface area contributed by atoms with Crippen molar-refractivity contribution in [3.05, 3.63) is 45.5 Å². The van der Waals surface area contributed by atoms with Gasteiger partial charge in [0, 0.05) is 23.0 Å². The summed E-state index contributed by atoms with van der Waals surface area (Å²) >= 11 is 11.8. The summed E-state index contributed by atoms with van der Waals surface area (Å²) in [6.45, 7) is 0.0311. The molecular formula is C11H11Cl2N3O2. The average Bonchev–Trinajstić information content (AvgIpc) is 2.80. The highest BCUT2D eigenvalue weighted by atomic mass is 35.5. The summed E-state index contributed by atoms with van der Waals surface area (Å²) in [5, 5.41) is 14.3. The first-order valence-corrected chi connectivity index (χ1v) is 6.00. The van der Waals surface area contributed by atoms with Crippen LogP contribution in [0.4, 0.5) is 0 Å². The van der Waals surface area contributed by atoms with Gasteiger partial charge in [0.1, 0.15) is 6.10 Å². The number of hydrogen-bond donors (Lipinski definition) is 2. The molecule has 1 aromatic carbocycles. The average molecular weight is 288 g/mol. The number of nitrogens with two attached hydrogens (primary N) is 1. The van der Waals surface area contributed by atoms with E-state index < -0.39 is 6.10 Å². The number of aromatic nitrogens is 2. The van der Waals surface area contributed by atoms with E-state index in [1.54, 1.807) is 18.2 Å². The third-order valence-electron chi connectivity index (χ3n) is 2.36. The zero-order chi connectivity index (χ0) is 13.1. The molecule has 3 N–H and O–H groups in total. The van der Waals surface area contributed by atoms with E-state index in [1.807, 2.05) is 0 Å². The Morgan fingerprint density at radius 1 is 1.39 bits per heavy atom. The van der Waals surface area contributed by atoms with Crippen LogP contribution in [0.3, 0.4) is 0 Å². The molecule has 0 aliphatic rings. The molecule has 0 bridgehead atoms. The first-order chi connectivity index (χ1) is 8.60. The lowest BCUT2D eigenvalue weighted by atomic mass is 10.1. The second-order valence-electron chi connectivity index (χ2n) is 3.71. The van der Waals surface area contributed by atoms with Crippen LogP contribution >= 0.6 is 23.2 Å². The Labute approximate surface area is 114 Å². The van der Waals surface area contributed by atoms with Crippen LogP contribution < -0.4 is 5.73 Å². The van der Waals surface area contributed by atoms with Gasteiger partial charge in [0.2, 0.25) is 0 Å². The van der Waals surface area contributed by atoms with Crippen LogP contribution in [0.15, 0.2) is 22.7 Å². The summed E-state index contributed by atoms with van der Waals surface area (Å²) < 4.78 is 4.89. The van der Waals surface area contributed by atoms with Gasteiger partial charge in [-0.3, -0.25) is 0 Å². The van der Waals surface area contributed by atoms with Crippen molar-refractivity contribution in [3.63, 3.8) is 0 Å². The third-order valence-corrected chi connectivity index (χ3v) is 2.94. The molecule has 0 spiro atoms. The molecule has 2 rings (SSSR count). The first-order valence-electron chi connectivity index (χ1n) is 5.24. The number of aliphatic hydroxyl groups excluding tert-OH is 1. The number of aliphatic hydroxyl groups is 1. The molecule has 96 valence electrons. The SMILES string of the molecule is NC[C@H](O)c1nc(Cc2ccc(Cl)cc2Cl)no1. The lowest BCUT2D eigenvalue weighted by Gasteiger charge is -2.01. The van der Waals surface area contributed by atoms with E-state index in [0.29, 0.717) is 22.3 Å². The Morgan fingerprint density at radius 3 is 2.83 bits per heavy atom. The van der Waals surface area contributed by atoms with Crippen LogP contribution in [-0.2, 0) is 6.42 Å². The number of hydrogen-bond acceptors (Lipinski definition) is 5. The van der Waals surface area contributed by atoms with Gasteiger partial charge in [-0.05, 0) is 17.7 Å². The normalized spacial score (nSPS) is 12.7. The van der Waals surface area contributed by atoms with E-state index in [4.69, 9.17) is 33.5 Å². The maximum atomic E-state index is 9.43. The van der Waals surface area contributed by atoms with Gasteiger partial charge in [0.25, 0.3) is 5.89 Å². The number of rotatable bonds is 4. The van der Waals surface area contributed by atoms with Crippen molar-refractivity contribution in [2.45, 2.75) is 12.5 Å². The van der Waals surface area contributed by atoms with Crippen LogP contribution in [0.1, 0.15) is 23.4 Å². The maximum absolute atomic E-state index is 9.43. The quantitative estimate of drug-likeness (QED) is 0.898. The van der Waals surface area contributed by atoms with Crippen LogP contribution in [0.5, 0.6) is 0 Å². The molecule has 1 atom stereocenters. The molecule has 1 aromatic heterocycles. The zero-order valence-corrected chi connectivity index (χ0v) is 10.8. The van der Waals surface area contributed by atoms with Crippen molar-refractivity contribution in [3.8, 4) is 0 Å². The monoisotopic (exact) mass is 287 g/mol. The molecule has 1 heterocycles. The van der Waals surface area contributed by atoms with Gasteiger partial charge in [0.15, 0.2) is 5.82 Å². The predicted molar refractivity (Wildman–Crippen MR) is 67.6 cm³/mol. The minimum absolute atomic E-state index is 0.0311. The number of halogens is 2. The van der Waals surface area contributed by atoms with Crippen molar-refractivity contribution in [2.24, 2.45) is 5.73 Å². The highest BCUT2D eigenvalue weighted by molar-refractivity contribution is 6.35. The highest BCUT2D eigenvalue weighted by Crippen LogP contribution is 2.23. The Kier molecular flexibility index (Phi) is 4.19. The summed E-state index contributed by atoms with van der Waals surface area (Å²) in [4.78, 5) is 4.04. The first kappa shape index (κ1) is 13.3. The van der Waals surface area contributed by atoms with E-state index in [-0.39, 0.29) is 12.4 Å². The lowest BCUT2D eigenvalue weighted by molar-refractivity contribution is 0.141. The fraction of sp³-hybridized carbons (Fsp3) is 0.273. The minimum Gasteiger partial charge on any atom is -0.382 e. The topological polar surface area (TPSA) is 85.2 Å².